The van der Waals surface area contributed by atoms with Gasteiger partial charge >= 0.3 is 11.9 Å². The van der Waals surface area contributed by atoms with Crippen molar-refractivity contribution in [1.82, 2.24) is 0 Å². The normalized spacial score (nSPS) is 24.4. The quantitative estimate of drug-likeness (QED) is 0.728. The van der Waals surface area contributed by atoms with Gasteiger partial charge in [-0.3, -0.25) is 9.59 Å². The van der Waals surface area contributed by atoms with Crippen LogP contribution < -0.4 is 0 Å². The summed E-state index contributed by atoms with van der Waals surface area (Å²) in [6.45, 7) is 7.77. The van der Waals surface area contributed by atoms with Gasteiger partial charge in [0.25, 0.3) is 0 Å². The molecule has 1 fully saturated rings. The van der Waals surface area contributed by atoms with Gasteiger partial charge < -0.3 is 9.47 Å². The van der Waals surface area contributed by atoms with Crippen LogP contribution in [0.2, 0.25) is 0 Å². The molecular weight excluding hydrogens is 232 g/mol. The van der Waals surface area contributed by atoms with Crippen molar-refractivity contribution < 1.29 is 19.1 Å². The fourth-order valence-electron chi connectivity index (χ4n) is 2.26. The lowest BCUT2D eigenvalue weighted by atomic mass is 9.81. The Balaban J connectivity index is 2.53. The molecule has 104 valence electrons. The van der Waals surface area contributed by atoms with Crippen LogP contribution in [0.4, 0.5) is 0 Å². The van der Waals surface area contributed by atoms with Gasteiger partial charge in [-0.25, -0.2) is 0 Å². The van der Waals surface area contributed by atoms with Crippen molar-refractivity contribution in [2.45, 2.75) is 59.0 Å². The topological polar surface area (TPSA) is 52.6 Å². The van der Waals surface area contributed by atoms with Crippen molar-refractivity contribution in [2.24, 2.45) is 11.8 Å². The third kappa shape index (κ3) is 4.67. The van der Waals surface area contributed by atoms with Crippen LogP contribution in [0.15, 0.2) is 0 Å². The molecule has 0 bridgehead atoms. The molecule has 1 aliphatic carbocycles. The largest absolute Gasteiger partial charge is 0.466 e. The predicted molar refractivity (Wildman–Crippen MR) is 67.9 cm³/mol. The number of carbonyl (C=O) groups excluding carboxylic acids is 2. The van der Waals surface area contributed by atoms with Crippen LogP contribution in [-0.4, -0.2) is 24.1 Å². The highest BCUT2D eigenvalue weighted by molar-refractivity contribution is 5.76. The standard InChI is InChI=1S/C14H24O4/c1-5-17-12(15)10-7-6-8-11(9-10)13(16)18-14(2,3)4/h10-11H,5-9H2,1-4H3. The summed E-state index contributed by atoms with van der Waals surface area (Å²) in [5, 5.41) is 0. The highest BCUT2D eigenvalue weighted by Crippen LogP contribution is 2.31. The molecule has 0 aliphatic heterocycles. The summed E-state index contributed by atoms with van der Waals surface area (Å²) < 4.78 is 10.4. The summed E-state index contributed by atoms with van der Waals surface area (Å²) in [7, 11) is 0. The molecule has 1 saturated carbocycles. The number of rotatable bonds is 3. The molecular formula is C14H24O4. The van der Waals surface area contributed by atoms with Crippen LogP contribution in [0, 0.1) is 11.8 Å². The van der Waals surface area contributed by atoms with Crippen LogP contribution >= 0.6 is 0 Å². The van der Waals surface area contributed by atoms with E-state index >= 15 is 0 Å². The Bertz CT molecular complexity index is 303. The Hall–Kier alpha value is -1.06. The lowest BCUT2D eigenvalue weighted by molar-refractivity contribution is -0.163. The molecule has 0 amide bonds. The summed E-state index contributed by atoms with van der Waals surface area (Å²) in [5.74, 6) is -0.661. The van der Waals surface area contributed by atoms with E-state index in [4.69, 9.17) is 9.47 Å². The molecule has 0 aromatic rings. The zero-order valence-corrected chi connectivity index (χ0v) is 11.8. The van der Waals surface area contributed by atoms with E-state index in [1.165, 1.54) is 0 Å². The van der Waals surface area contributed by atoms with Gasteiger partial charge in [0, 0.05) is 0 Å². The van der Waals surface area contributed by atoms with Crippen molar-refractivity contribution in [3.8, 4) is 0 Å². The monoisotopic (exact) mass is 256 g/mol. The third-order valence-electron chi connectivity index (χ3n) is 3.03. The average molecular weight is 256 g/mol. The average Bonchev–Trinajstić information content (AvgIpc) is 2.27. The summed E-state index contributed by atoms with van der Waals surface area (Å²) in [5.41, 5.74) is -0.464. The van der Waals surface area contributed by atoms with E-state index in [1.807, 2.05) is 20.8 Å². The Kier molecular flexibility index (Phi) is 5.17. The molecule has 0 aromatic heterocycles. The van der Waals surface area contributed by atoms with Crippen molar-refractivity contribution in [3.63, 3.8) is 0 Å². The van der Waals surface area contributed by atoms with E-state index in [0.29, 0.717) is 13.0 Å². The van der Waals surface area contributed by atoms with Gasteiger partial charge in [0.15, 0.2) is 0 Å². The first-order chi connectivity index (χ1) is 8.33. The van der Waals surface area contributed by atoms with Gasteiger partial charge in [-0.1, -0.05) is 6.42 Å². The molecule has 2 unspecified atom stereocenters. The molecule has 18 heavy (non-hydrogen) atoms. The predicted octanol–water partition coefficient (Wildman–Crippen LogP) is 2.70. The van der Waals surface area contributed by atoms with Gasteiger partial charge in [-0.2, -0.15) is 0 Å². The second kappa shape index (κ2) is 6.21. The summed E-state index contributed by atoms with van der Waals surface area (Å²) in [6, 6.07) is 0. The smallest absolute Gasteiger partial charge is 0.309 e. The lowest BCUT2D eigenvalue weighted by Gasteiger charge is -2.29. The fourth-order valence-corrected chi connectivity index (χ4v) is 2.26. The highest BCUT2D eigenvalue weighted by atomic mass is 16.6. The molecule has 0 spiro atoms. The molecule has 1 aliphatic rings. The summed E-state index contributed by atoms with van der Waals surface area (Å²) >= 11 is 0. The second-order valence-electron chi connectivity index (χ2n) is 5.85. The van der Waals surface area contributed by atoms with Crippen LogP contribution in [-0.2, 0) is 19.1 Å². The molecule has 1 rings (SSSR count). The minimum absolute atomic E-state index is 0.142. The van der Waals surface area contributed by atoms with Crippen LogP contribution in [0.5, 0.6) is 0 Å². The molecule has 0 N–H and O–H groups in total. The minimum atomic E-state index is -0.464. The maximum atomic E-state index is 12.0. The Morgan fingerprint density at radius 1 is 1.11 bits per heavy atom. The molecule has 0 radical (unpaired) electrons. The fraction of sp³-hybridized carbons (Fsp3) is 0.857. The number of esters is 2. The van der Waals surface area contributed by atoms with Gasteiger partial charge in [0.1, 0.15) is 5.60 Å². The Labute approximate surface area is 109 Å². The zero-order valence-electron chi connectivity index (χ0n) is 11.8. The SMILES string of the molecule is CCOC(=O)C1CCCC(C(=O)OC(C)(C)C)C1. The molecule has 2 atom stereocenters. The molecule has 0 saturated heterocycles. The van der Waals surface area contributed by atoms with Gasteiger partial charge in [0.05, 0.1) is 18.4 Å². The van der Waals surface area contributed by atoms with E-state index < -0.39 is 5.60 Å². The van der Waals surface area contributed by atoms with Crippen LogP contribution in [0.25, 0.3) is 0 Å². The third-order valence-corrected chi connectivity index (χ3v) is 3.03. The van der Waals surface area contributed by atoms with E-state index in [0.717, 1.165) is 19.3 Å². The van der Waals surface area contributed by atoms with Crippen molar-refractivity contribution in [1.29, 1.82) is 0 Å². The Morgan fingerprint density at radius 2 is 1.67 bits per heavy atom. The first-order valence-electron chi connectivity index (χ1n) is 6.73. The van der Waals surface area contributed by atoms with E-state index in [1.54, 1.807) is 6.92 Å². The Morgan fingerprint density at radius 3 is 2.17 bits per heavy atom. The zero-order chi connectivity index (χ0) is 13.8. The number of carbonyl (C=O) groups is 2. The second-order valence-corrected chi connectivity index (χ2v) is 5.85. The number of hydrogen-bond donors (Lipinski definition) is 0. The van der Waals surface area contributed by atoms with Crippen LogP contribution in [0.3, 0.4) is 0 Å². The van der Waals surface area contributed by atoms with Gasteiger partial charge in [-0.15, -0.1) is 0 Å². The first-order valence-corrected chi connectivity index (χ1v) is 6.73. The molecule has 4 nitrogen and oxygen atoms in total. The van der Waals surface area contributed by atoms with Crippen molar-refractivity contribution in [2.75, 3.05) is 6.61 Å². The minimum Gasteiger partial charge on any atom is -0.466 e. The van der Waals surface area contributed by atoms with Crippen molar-refractivity contribution >= 4 is 11.9 Å². The van der Waals surface area contributed by atoms with Crippen molar-refractivity contribution in [3.05, 3.63) is 0 Å². The molecule has 4 heteroatoms. The highest BCUT2D eigenvalue weighted by Gasteiger charge is 2.34. The molecule has 0 aromatic carbocycles. The van der Waals surface area contributed by atoms with Gasteiger partial charge in [-0.05, 0) is 47.0 Å². The lowest BCUT2D eigenvalue weighted by Crippen LogP contribution is -2.33. The molecule has 0 heterocycles. The maximum absolute atomic E-state index is 12.0. The summed E-state index contributed by atoms with van der Waals surface area (Å²) in [4.78, 5) is 23.6. The number of hydrogen-bond acceptors (Lipinski definition) is 4. The van der Waals surface area contributed by atoms with Gasteiger partial charge in [0.2, 0.25) is 0 Å². The van der Waals surface area contributed by atoms with Crippen LogP contribution in [0.1, 0.15) is 53.4 Å². The van der Waals surface area contributed by atoms with E-state index in [9.17, 15) is 9.59 Å². The van der Waals surface area contributed by atoms with E-state index in [2.05, 4.69) is 0 Å². The first kappa shape index (κ1) is 15.0. The number of ether oxygens (including phenoxy) is 2. The van der Waals surface area contributed by atoms with E-state index in [-0.39, 0.29) is 23.8 Å². The maximum Gasteiger partial charge on any atom is 0.309 e. The summed E-state index contributed by atoms with van der Waals surface area (Å²) in [6.07, 6.45) is 3.07.